The van der Waals surface area contributed by atoms with Crippen LogP contribution >= 0.6 is 0 Å². The normalized spacial score (nSPS) is 15.2. The molecule has 0 aliphatic heterocycles. The number of carbonyl (C=O) groups is 1. The Bertz CT molecular complexity index is 231. The molecule has 0 aromatic carbocycles. The van der Waals surface area contributed by atoms with Crippen LogP contribution in [0.3, 0.4) is 0 Å². The van der Waals surface area contributed by atoms with Gasteiger partial charge in [0.25, 0.3) is 0 Å². The van der Waals surface area contributed by atoms with E-state index in [1.807, 2.05) is 13.8 Å². The second-order valence-corrected chi connectivity index (χ2v) is 5.46. The van der Waals surface area contributed by atoms with Crippen LogP contribution in [0.1, 0.15) is 40.5 Å². The van der Waals surface area contributed by atoms with Gasteiger partial charge in [-0.2, -0.15) is 0 Å². The van der Waals surface area contributed by atoms with E-state index in [2.05, 4.69) is 31.1 Å². The Morgan fingerprint density at radius 2 is 2.00 bits per heavy atom. The van der Waals surface area contributed by atoms with Gasteiger partial charge in [-0.15, -0.1) is 0 Å². The molecule has 0 bridgehead atoms. The summed E-state index contributed by atoms with van der Waals surface area (Å²) in [4.78, 5) is 13.7. The lowest BCUT2D eigenvalue weighted by Crippen LogP contribution is -2.54. The number of hydrogen-bond donors (Lipinski definition) is 2. The molecule has 0 saturated heterocycles. The fourth-order valence-electron chi connectivity index (χ4n) is 1.69. The molecular formula is C13H29N3O. The van der Waals surface area contributed by atoms with Crippen molar-refractivity contribution < 1.29 is 4.79 Å². The van der Waals surface area contributed by atoms with E-state index in [1.165, 1.54) is 6.42 Å². The molecule has 1 atom stereocenters. The second kappa shape index (κ2) is 7.67. The third-order valence-electron chi connectivity index (χ3n) is 3.19. The molecule has 0 aromatic rings. The highest BCUT2D eigenvalue weighted by molar-refractivity contribution is 5.84. The topological polar surface area (TPSA) is 58.4 Å². The van der Waals surface area contributed by atoms with Gasteiger partial charge < -0.3 is 16.0 Å². The second-order valence-electron chi connectivity index (χ2n) is 5.46. The average Bonchev–Trinajstić information content (AvgIpc) is 2.23. The van der Waals surface area contributed by atoms with Crippen LogP contribution in [0.15, 0.2) is 0 Å². The minimum absolute atomic E-state index is 0.267. The van der Waals surface area contributed by atoms with Gasteiger partial charge in [-0.05, 0) is 45.8 Å². The van der Waals surface area contributed by atoms with Crippen LogP contribution in [-0.2, 0) is 4.79 Å². The Labute approximate surface area is 106 Å². The SMILES string of the molecule is CCNC(C)(CCN(C)CCC(C)C)C(N)=O. The number of rotatable bonds is 9. The third-order valence-corrected chi connectivity index (χ3v) is 3.19. The molecular weight excluding hydrogens is 214 g/mol. The first-order valence-corrected chi connectivity index (χ1v) is 6.55. The molecule has 0 spiro atoms. The maximum atomic E-state index is 11.4. The van der Waals surface area contributed by atoms with E-state index in [1.54, 1.807) is 0 Å². The number of nitrogens with one attached hydrogen (secondary N) is 1. The highest BCUT2D eigenvalue weighted by Gasteiger charge is 2.29. The summed E-state index contributed by atoms with van der Waals surface area (Å²) in [6.07, 6.45) is 1.94. The van der Waals surface area contributed by atoms with Gasteiger partial charge in [-0.25, -0.2) is 0 Å². The molecule has 3 N–H and O–H groups in total. The summed E-state index contributed by atoms with van der Waals surface area (Å²) >= 11 is 0. The molecule has 0 aliphatic carbocycles. The number of nitrogens with two attached hydrogens (primary N) is 1. The number of carbonyl (C=O) groups excluding carboxylic acids is 1. The van der Waals surface area contributed by atoms with Crippen molar-refractivity contribution >= 4 is 5.91 Å². The lowest BCUT2D eigenvalue weighted by Gasteiger charge is -2.29. The molecule has 1 unspecified atom stereocenters. The van der Waals surface area contributed by atoms with Crippen LogP contribution in [-0.4, -0.2) is 43.0 Å². The van der Waals surface area contributed by atoms with Gasteiger partial charge >= 0.3 is 0 Å². The highest BCUT2D eigenvalue weighted by atomic mass is 16.1. The van der Waals surface area contributed by atoms with Crippen molar-refractivity contribution in [1.82, 2.24) is 10.2 Å². The largest absolute Gasteiger partial charge is 0.368 e. The molecule has 17 heavy (non-hydrogen) atoms. The molecule has 0 radical (unpaired) electrons. The molecule has 0 aromatic heterocycles. The number of likely N-dealkylation sites (N-methyl/N-ethyl adjacent to an activating group) is 1. The van der Waals surface area contributed by atoms with Gasteiger partial charge in [0.15, 0.2) is 0 Å². The zero-order valence-corrected chi connectivity index (χ0v) is 12.0. The van der Waals surface area contributed by atoms with Gasteiger partial charge in [0, 0.05) is 6.54 Å². The predicted molar refractivity (Wildman–Crippen MR) is 72.8 cm³/mol. The highest BCUT2D eigenvalue weighted by Crippen LogP contribution is 2.10. The molecule has 4 heteroatoms. The molecule has 0 rings (SSSR count). The van der Waals surface area contributed by atoms with Crippen LogP contribution in [0.2, 0.25) is 0 Å². The average molecular weight is 243 g/mol. The Kier molecular flexibility index (Phi) is 7.39. The molecule has 102 valence electrons. The summed E-state index contributed by atoms with van der Waals surface area (Å²) in [7, 11) is 2.09. The van der Waals surface area contributed by atoms with E-state index in [0.717, 1.165) is 26.1 Å². The van der Waals surface area contributed by atoms with Gasteiger partial charge in [0.05, 0.1) is 5.54 Å². The quantitative estimate of drug-likeness (QED) is 0.640. The van der Waals surface area contributed by atoms with Crippen LogP contribution < -0.4 is 11.1 Å². The van der Waals surface area contributed by atoms with Crippen molar-refractivity contribution in [3.63, 3.8) is 0 Å². The summed E-state index contributed by atoms with van der Waals surface area (Å²) < 4.78 is 0. The summed E-state index contributed by atoms with van der Waals surface area (Å²) in [5, 5.41) is 3.18. The van der Waals surface area contributed by atoms with Gasteiger partial charge in [0.1, 0.15) is 0 Å². The van der Waals surface area contributed by atoms with E-state index in [-0.39, 0.29) is 5.91 Å². The van der Waals surface area contributed by atoms with Crippen LogP contribution in [0, 0.1) is 5.92 Å². The van der Waals surface area contributed by atoms with Gasteiger partial charge in [-0.3, -0.25) is 4.79 Å². The first kappa shape index (κ1) is 16.4. The number of nitrogens with zero attached hydrogens (tertiary/aromatic N) is 1. The molecule has 0 saturated carbocycles. The lowest BCUT2D eigenvalue weighted by atomic mass is 9.96. The fraction of sp³-hybridized carbons (Fsp3) is 0.923. The van der Waals surface area contributed by atoms with Crippen LogP contribution in [0.4, 0.5) is 0 Å². The van der Waals surface area contributed by atoms with E-state index in [9.17, 15) is 4.79 Å². The van der Waals surface area contributed by atoms with E-state index in [0.29, 0.717) is 5.92 Å². The Morgan fingerprint density at radius 1 is 1.41 bits per heavy atom. The molecule has 0 fully saturated rings. The van der Waals surface area contributed by atoms with Crippen molar-refractivity contribution in [3.05, 3.63) is 0 Å². The first-order valence-electron chi connectivity index (χ1n) is 6.55. The first-order chi connectivity index (χ1) is 7.81. The molecule has 1 amide bonds. The molecule has 0 heterocycles. The summed E-state index contributed by atoms with van der Waals surface area (Å²) in [6.45, 7) is 11.0. The minimum atomic E-state index is -0.582. The van der Waals surface area contributed by atoms with Crippen molar-refractivity contribution in [2.45, 2.75) is 46.1 Å². The Morgan fingerprint density at radius 3 is 2.41 bits per heavy atom. The van der Waals surface area contributed by atoms with E-state index in [4.69, 9.17) is 5.73 Å². The monoisotopic (exact) mass is 243 g/mol. The van der Waals surface area contributed by atoms with Crippen molar-refractivity contribution in [2.75, 3.05) is 26.7 Å². The maximum Gasteiger partial charge on any atom is 0.237 e. The fourth-order valence-corrected chi connectivity index (χ4v) is 1.69. The van der Waals surface area contributed by atoms with Crippen molar-refractivity contribution in [2.24, 2.45) is 11.7 Å². The van der Waals surface area contributed by atoms with Crippen molar-refractivity contribution in [1.29, 1.82) is 0 Å². The number of amides is 1. The summed E-state index contributed by atoms with van der Waals surface area (Å²) in [5.41, 5.74) is 4.86. The zero-order chi connectivity index (χ0) is 13.5. The maximum absolute atomic E-state index is 11.4. The lowest BCUT2D eigenvalue weighted by molar-refractivity contribution is -0.124. The Balaban J connectivity index is 4.08. The predicted octanol–water partition coefficient (Wildman–Crippen LogP) is 1.21. The third kappa shape index (κ3) is 6.64. The Hall–Kier alpha value is -0.610. The summed E-state index contributed by atoms with van der Waals surface area (Å²) in [6, 6.07) is 0. The van der Waals surface area contributed by atoms with Gasteiger partial charge in [-0.1, -0.05) is 20.8 Å². The molecule has 4 nitrogen and oxygen atoms in total. The van der Waals surface area contributed by atoms with Crippen molar-refractivity contribution in [3.8, 4) is 0 Å². The standard InChI is InChI=1S/C13H29N3O/c1-6-15-13(4,12(14)17)8-10-16(5)9-7-11(2)3/h11,15H,6-10H2,1-5H3,(H2,14,17). The smallest absolute Gasteiger partial charge is 0.237 e. The minimum Gasteiger partial charge on any atom is -0.368 e. The zero-order valence-electron chi connectivity index (χ0n) is 12.0. The number of hydrogen-bond acceptors (Lipinski definition) is 3. The van der Waals surface area contributed by atoms with E-state index >= 15 is 0 Å². The van der Waals surface area contributed by atoms with Gasteiger partial charge in [0.2, 0.25) is 5.91 Å². The van der Waals surface area contributed by atoms with E-state index < -0.39 is 5.54 Å². The molecule has 0 aliphatic rings. The van der Waals surface area contributed by atoms with Crippen LogP contribution in [0.5, 0.6) is 0 Å². The summed E-state index contributed by atoms with van der Waals surface area (Å²) in [5.74, 6) is 0.449. The number of primary amides is 1. The van der Waals surface area contributed by atoms with Crippen LogP contribution in [0.25, 0.3) is 0 Å².